The molecule has 1 unspecified atom stereocenters. The zero-order valence-corrected chi connectivity index (χ0v) is 14.2. The van der Waals surface area contributed by atoms with Gasteiger partial charge in [-0.2, -0.15) is 0 Å². The SMILES string of the molecule is CCC(C)NC(=O)CCNS(=O)(=O)c1ccc(Br)c(F)c1. The Balaban J connectivity index is 2.57. The van der Waals surface area contributed by atoms with Crippen LogP contribution in [0.15, 0.2) is 27.6 Å². The van der Waals surface area contributed by atoms with Gasteiger partial charge in [-0.25, -0.2) is 17.5 Å². The molecule has 5 nitrogen and oxygen atoms in total. The molecule has 1 atom stereocenters. The number of carbonyl (C=O) groups is 1. The Morgan fingerprint density at radius 2 is 2.10 bits per heavy atom. The highest BCUT2D eigenvalue weighted by Crippen LogP contribution is 2.19. The summed E-state index contributed by atoms with van der Waals surface area (Å²) in [5.41, 5.74) is 0. The van der Waals surface area contributed by atoms with Gasteiger partial charge < -0.3 is 5.32 Å². The summed E-state index contributed by atoms with van der Waals surface area (Å²) in [4.78, 5) is 11.3. The van der Waals surface area contributed by atoms with E-state index in [4.69, 9.17) is 0 Å². The second-order valence-corrected chi connectivity index (χ2v) is 7.22. The van der Waals surface area contributed by atoms with Crippen molar-refractivity contribution in [2.75, 3.05) is 6.54 Å². The Hall–Kier alpha value is -0.990. The normalized spacial score (nSPS) is 13.0. The summed E-state index contributed by atoms with van der Waals surface area (Å²) in [6.07, 6.45) is 0.832. The fourth-order valence-electron chi connectivity index (χ4n) is 1.48. The lowest BCUT2D eigenvalue weighted by Gasteiger charge is -2.11. The second kappa shape index (κ2) is 7.86. The Kier molecular flexibility index (Phi) is 6.76. The van der Waals surface area contributed by atoms with Gasteiger partial charge in [0.25, 0.3) is 0 Å². The van der Waals surface area contributed by atoms with Crippen LogP contribution in [0, 0.1) is 5.82 Å². The van der Waals surface area contributed by atoms with Crippen LogP contribution >= 0.6 is 15.9 Å². The first-order valence-corrected chi connectivity index (χ1v) is 8.78. The van der Waals surface area contributed by atoms with Crippen LogP contribution in [0.5, 0.6) is 0 Å². The van der Waals surface area contributed by atoms with Crippen molar-refractivity contribution in [2.24, 2.45) is 0 Å². The van der Waals surface area contributed by atoms with Gasteiger partial charge in [-0.15, -0.1) is 0 Å². The van der Waals surface area contributed by atoms with Crippen molar-refractivity contribution in [2.45, 2.75) is 37.6 Å². The molecule has 0 aliphatic carbocycles. The minimum absolute atomic E-state index is 0.0303. The summed E-state index contributed by atoms with van der Waals surface area (Å²) in [7, 11) is -3.82. The predicted octanol–water partition coefficient (Wildman–Crippen LogP) is 2.17. The molecule has 0 aromatic heterocycles. The van der Waals surface area contributed by atoms with E-state index in [-0.39, 0.29) is 34.3 Å². The number of hydrogen-bond donors (Lipinski definition) is 2. The first-order valence-electron chi connectivity index (χ1n) is 6.50. The van der Waals surface area contributed by atoms with Gasteiger partial charge in [0, 0.05) is 19.0 Å². The fourth-order valence-corrected chi connectivity index (χ4v) is 2.77. The van der Waals surface area contributed by atoms with Crippen molar-refractivity contribution in [1.29, 1.82) is 0 Å². The maximum absolute atomic E-state index is 13.3. The molecule has 0 heterocycles. The van der Waals surface area contributed by atoms with E-state index >= 15 is 0 Å². The van der Waals surface area contributed by atoms with Gasteiger partial charge in [0.05, 0.1) is 9.37 Å². The number of carbonyl (C=O) groups excluding carboxylic acids is 1. The van der Waals surface area contributed by atoms with Gasteiger partial charge in [-0.3, -0.25) is 4.79 Å². The number of nitrogens with one attached hydrogen (secondary N) is 2. The second-order valence-electron chi connectivity index (χ2n) is 4.60. The number of rotatable bonds is 7. The summed E-state index contributed by atoms with van der Waals surface area (Å²) in [5.74, 6) is -0.888. The third kappa shape index (κ3) is 5.72. The van der Waals surface area contributed by atoms with E-state index in [1.54, 1.807) is 0 Å². The molecule has 8 heteroatoms. The van der Waals surface area contributed by atoms with Crippen LogP contribution in [-0.4, -0.2) is 26.9 Å². The average Bonchev–Trinajstić information content (AvgIpc) is 2.41. The Labute approximate surface area is 132 Å². The maximum atomic E-state index is 13.3. The van der Waals surface area contributed by atoms with Gasteiger partial charge in [0.15, 0.2) is 0 Å². The Bertz CT molecular complexity index is 607. The highest BCUT2D eigenvalue weighted by atomic mass is 79.9. The topological polar surface area (TPSA) is 75.3 Å². The summed E-state index contributed by atoms with van der Waals surface area (Å²) in [6, 6.07) is 3.58. The lowest BCUT2D eigenvalue weighted by Crippen LogP contribution is -2.35. The molecular formula is C13H18BrFN2O3S. The molecule has 1 rings (SSSR count). The van der Waals surface area contributed by atoms with E-state index in [0.717, 1.165) is 12.5 Å². The molecule has 0 fully saturated rings. The molecule has 0 spiro atoms. The van der Waals surface area contributed by atoms with Crippen molar-refractivity contribution in [3.8, 4) is 0 Å². The van der Waals surface area contributed by atoms with Crippen LogP contribution in [0.1, 0.15) is 26.7 Å². The van der Waals surface area contributed by atoms with Gasteiger partial charge in [-0.1, -0.05) is 6.92 Å². The van der Waals surface area contributed by atoms with E-state index in [9.17, 15) is 17.6 Å². The van der Waals surface area contributed by atoms with Gasteiger partial charge >= 0.3 is 0 Å². The molecule has 0 saturated heterocycles. The number of halogens is 2. The van der Waals surface area contributed by atoms with E-state index in [0.29, 0.717) is 0 Å². The monoisotopic (exact) mass is 380 g/mol. The van der Waals surface area contributed by atoms with Crippen molar-refractivity contribution in [1.82, 2.24) is 10.0 Å². The summed E-state index contributed by atoms with van der Waals surface area (Å²) < 4.78 is 39.7. The lowest BCUT2D eigenvalue weighted by molar-refractivity contribution is -0.121. The molecule has 0 aliphatic heterocycles. The summed E-state index contributed by atoms with van der Waals surface area (Å²) in [6.45, 7) is 3.77. The molecule has 2 N–H and O–H groups in total. The van der Waals surface area contributed by atoms with Crippen LogP contribution in [0.4, 0.5) is 4.39 Å². The zero-order chi connectivity index (χ0) is 16.0. The van der Waals surface area contributed by atoms with Gasteiger partial charge in [-0.05, 0) is 47.5 Å². The Morgan fingerprint density at radius 3 is 2.67 bits per heavy atom. The number of sulfonamides is 1. The predicted molar refractivity (Wildman–Crippen MR) is 81.8 cm³/mol. The molecule has 21 heavy (non-hydrogen) atoms. The summed E-state index contributed by atoms with van der Waals surface area (Å²) in [5, 5.41) is 2.73. The largest absolute Gasteiger partial charge is 0.354 e. The highest BCUT2D eigenvalue weighted by Gasteiger charge is 2.16. The van der Waals surface area contributed by atoms with Gasteiger partial charge in [0.1, 0.15) is 5.82 Å². The molecule has 0 radical (unpaired) electrons. The molecule has 1 aromatic rings. The van der Waals surface area contributed by atoms with E-state index in [1.165, 1.54) is 12.1 Å². The standard InChI is InChI=1S/C13H18BrFN2O3S/c1-3-9(2)17-13(18)6-7-16-21(19,20)10-4-5-11(14)12(15)8-10/h4-5,8-9,16H,3,6-7H2,1-2H3,(H,17,18). The van der Waals surface area contributed by atoms with Crippen molar-refractivity contribution >= 4 is 31.9 Å². The Morgan fingerprint density at radius 1 is 1.43 bits per heavy atom. The van der Waals surface area contributed by atoms with E-state index < -0.39 is 15.8 Å². The molecule has 1 aromatic carbocycles. The lowest BCUT2D eigenvalue weighted by atomic mass is 10.2. The average molecular weight is 381 g/mol. The molecular weight excluding hydrogens is 363 g/mol. The fraction of sp³-hybridized carbons (Fsp3) is 0.462. The number of hydrogen-bond acceptors (Lipinski definition) is 3. The molecule has 0 aliphatic rings. The highest BCUT2D eigenvalue weighted by molar-refractivity contribution is 9.10. The molecule has 0 saturated carbocycles. The third-order valence-electron chi connectivity index (χ3n) is 2.87. The number of benzene rings is 1. The first kappa shape index (κ1) is 18.1. The minimum atomic E-state index is -3.82. The zero-order valence-electron chi connectivity index (χ0n) is 11.8. The molecule has 0 bridgehead atoms. The smallest absolute Gasteiger partial charge is 0.240 e. The first-order chi connectivity index (χ1) is 9.76. The van der Waals surface area contributed by atoms with E-state index in [1.807, 2.05) is 13.8 Å². The molecule has 1 amide bonds. The van der Waals surface area contributed by atoms with Crippen LogP contribution in [0.3, 0.4) is 0 Å². The quantitative estimate of drug-likeness (QED) is 0.760. The minimum Gasteiger partial charge on any atom is -0.354 e. The van der Waals surface area contributed by atoms with Crippen LogP contribution in [-0.2, 0) is 14.8 Å². The van der Waals surface area contributed by atoms with Crippen LogP contribution < -0.4 is 10.0 Å². The van der Waals surface area contributed by atoms with Crippen molar-refractivity contribution in [3.63, 3.8) is 0 Å². The third-order valence-corrected chi connectivity index (χ3v) is 4.97. The van der Waals surface area contributed by atoms with E-state index in [2.05, 4.69) is 26.0 Å². The van der Waals surface area contributed by atoms with Crippen molar-refractivity contribution in [3.05, 3.63) is 28.5 Å². The van der Waals surface area contributed by atoms with Crippen LogP contribution in [0.25, 0.3) is 0 Å². The van der Waals surface area contributed by atoms with Gasteiger partial charge in [0.2, 0.25) is 15.9 Å². The molecule has 118 valence electrons. The van der Waals surface area contributed by atoms with Crippen LogP contribution in [0.2, 0.25) is 0 Å². The number of amides is 1. The maximum Gasteiger partial charge on any atom is 0.240 e. The van der Waals surface area contributed by atoms with Crippen molar-refractivity contribution < 1.29 is 17.6 Å². The summed E-state index contributed by atoms with van der Waals surface area (Å²) >= 11 is 2.95.